The lowest BCUT2D eigenvalue weighted by Gasteiger charge is -2.30. The predicted molar refractivity (Wildman–Crippen MR) is 77.0 cm³/mol. The number of rotatable bonds is 4. The molecule has 1 aliphatic rings. The second kappa shape index (κ2) is 7.06. The highest BCUT2D eigenvalue weighted by Crippen LogP contribution is 2.16. The van der Waals surface area contributed by atoms with Crippen molar-refractivity contribution in [2.75, 3.05) is 19.6 Å². The maximum absolute atomic E-state index is 13.4. The van der Waals surface area contributed by atoms with Crippen LogP contribution in [0.4, 0.5) is 9.18 Å². The van der Waals surface area contributed by atoms with Gasteiger partial charge in [0.05, 0.1) is 0 Å². The molecule has 1 aromatic carbocycles. The second-order valence-electron chi connectivity index (χ2n) is 5.24. The molecule has 21 heavy (non-hydrogen) atoms. The number of likely N-dealkylation sites (tertiary alicyclic amines) is 1. The Balaban J connectivity index is 1.73. The largest absolute Gasteiger partial charge is 0.369 e. The number of primary amides is 1. The van der Waals surface area contributed by atoms with Crippen LogP contribution in [-0.4, -0.2) is 36.5 Å². The van der Waals surface area contributed by atoms with Crippen LogP contribution >= 0.6 is 0 Å². The Bertz CT molecular complexity index is 513. The highest BCUT2D eigenvalue weighted by Gasteiger charge is 2.25. The van der Waals surface area contributed by atoms with Crippen molar-refractivity contribution in [1.82, 2.24) is 10.2 Å². The van der Waals surface area contributed by atoms with Crippen LogP contribution in [0.15, 0.2) is 24.3 Å². The quantitative estimate of drug-likeness (QED) is 0.877. The van der Waals surface area contributed by atoms with Gasteiger partial charge in [0.25, 0.3) is 0 Å². The molecular weight excluding hydrogens is 273 g/mol. The number of nitrogens with zero attached hydrogens (tertiary/aromatic N) is 1. The van der Waals surface area contributed by atoms with E-state index in [1.807, 2.05) is 0 Å². The van der Waals surface area contributed by atoms with Gasteiger partial charge in [-0.3, -0.25) is 4.79 Å². The fraction of sp³-hybridized carbons (Fsp3) is 0.467. The van der Waals surface area contributed by atoms with Crippen molar-refractivity contribution < 1.29 is 14.0 Å². The zero-order valence-corrected chi connectivity index (χ0v) is 11.8. The number of urea groups is 1. The van der Waals surface area contributed by atoms with Gasteiger partial charge in [-0.05, 0) is 30.9 Å². The van der Waals surface area contributed by atoms with Crippen LogP contribution < -0.4 is 11.1 Å². The lowest BCUT2D eigenvalue weighted by molar-refractivity contribution is -0.123. The van der Waals surface area contributed by atoms with Gasteiger partial charge in [0.1, 0.15) is 5.82 Å². The molecule has 0 radical (unpaired) electrons. The number of nitrogens with two attached hydrogens (primary N) is 1. The van der Waals surface area contributed by atoms with Crippen molar-refractivity contribution in [3.63, 3.8) is 0 Å². The number of piperidine rings is 1. The van der Waals surface area contributed by atoms with Crippen LogP contribution in [0.5, 0.6) is 0 Å². The Morgan fingerprint density at radius 2 is 1.95 bits per heavy atom. The monoisotopic (exact) mass is 293 g/mol. The highest BCUT2D eigenvalue weighted by molar-refractivity contribution is 5.78. The maximum Gasteiger partial charge on any atom is 0.317 e. The van der Waals surface area contributed by atoms with E-state index in [1.165, 1.54) is 6.07 Å². The number of hydrogen-bond donors (Lipinski definition) is 2. The van der Waals surface area contributed by atoms with Crippen LogP contribution in [0, 0.1) is 11.7 Å². The van der Waals surface area contributed by atoms with Crippen molar-refractivity contribution in [2.45, 2.75) is 19.3 Å². The van der Waals surface area contributed by atoms with Crippen molar-refractivity contribution in [1.29, 1.82) is 0 Å². The molecule has 1 aromatic rings. The number of nitrogens with one attached hydrogen (secondary N) is 1. The van der Waals surface area contributed by atoms with Gasteiger partial charge >= 0.3 is 6.03 Å². The van der Waals surface area contributed by atoms with E-state index in [4.69, 9.17) is 5.73 Å². The molecule has 0 aliphatic carbocycles. The lowest BCUT2D eigenvalue weighted by atomic mass is 9.96. The van der Waals surface area contributed by atoms with Crippen molar-refractivity contribution in [3.05, 3.63) is 35.6 Å². The Morgan fingerprint density at radius 1 is 1.29 bits per heavy atom. The van der Waals surface area contributed by atoms with E-state index in [-0.39, 0.29) is 23.7 Å². The first-order chi connectivity index (χ1) is 10.1. The van der Waals surface area contributed by atoms with E-state index in [1.54, 1.807) is 23.1 Å². The summed E-state index contributed by atoms with van der Waals surface area (Å²) < 4.78 is 13.4. The van der Waals surface area contributed by atoms with Gasteiger partial charge < -0.3 is 16.0 Å². The lowest BCUT2D eigenvalue weighted by Crippen LogP contribution is -2.46. The smallest absolute Gasteiger partial charge is 0.317 e. The predicted octanol–water partition coefficient (Wildman–Crippen LogP) is 1.28. The summed E-state index contributed by atoms with van der Waals surface area (Å²) in [5.74, 6) is -0.684. The molecule has 6 heteroatoms. The van der Waals surface area contributed by atoms with Crippen LogP contribution in [0.3, 0.4) is 0 Å². The van der Waals surface area contributed by atoms with E-state index in [0.717, 1.165) is 0 Å². The normalized spacial score (nSPS) is 15.8. The molecule has 3 N–H and O–H groups in total. The summed E-state index contributed by atoms with van der Waals surface area (Å²) in [6.45, 7) is 1.44. The molecular formula is C15H20FN3O2. The third kappa shape index (κ3) is 4.18. The first-order valence-electron chi connectivity index (χ1n) is 7.13. The Morgan fingerprint density at radius 3 is 2.57 bits per heavy atom. The molecule has 0 unspecified atom stereocenters. The number of hydrogen-bond acceptors (Lipinski definition) is 2. The standard InChI is InChI=1S/C15H20FN3O2/c16-13-4-2-1-3-11(13)5-8-18-15(21)19-9-6-12(7-10-19)14(17)20/h1-4,12H,5-10H2,(H2,17,20)(H,18,21). The molecule has 114 valence electrons. The molecule has 1 heterocycles. The summed E-state index contributed by atoms with van der Waals surface area (Å²) in [7, 11) is 0. The summed E-state index contributed by atoms with van der Waals surface area (Å²) in [4.78, 5) is 24.7. The van der Waals surface area contributed by atoms with E-state index in [0.29, 0.717) is 44.5 Å². The summed E-state index contributed by atoms with van der Waals surface area (Å²) >= 11 is 0. The van der Waals surface area contributed by atoms with Crippen molar-refractivity contribution >= 4 is 11.9 Å². The Kier molecular flexibility index (Phi) is 5.14. The first kappa shape index (κ1) is 15.3. The van der Waals surface area contributed by atoms with Crippen LogP contribution in [0.2, 0.25) is 0 Å². The maximum atomic E-state index is 13.4. The average molecular weight is 293 g/mol. The number of carbonyl (C=O) groups excluding carboxylic acids is 2. The van der Waals surface area contributed by atoms with E-state index < -0.39 is 0 Å². The van der Waals surface area contributed by atoms with Gasteiger partial charge in [-0.1, -0.05) is 18.2 Å². The van der Waals surface area contributed by atoms with Crippen LogP contribution in [0.25, 0.3) is 0 Å². The molecule has 0 bridgehead atoms. The summed E-state index contributed by atoms with van der Waals surface area (Å²) in [6, 6.07) is 6.36. The summed E-state index contributed by atoms with van der Waals surface area (Å²) in [6.07, 6.45) is 1.67. The van der Waals surface area contributed by atoms with Gasteiger partial charge in [-0.15, -0.1) is 0 Å². The van der Waals surface area contributed by atoms with Gasteiger partial charge in [0.2, 0.25) is 5.91 Å². The molecule has 1 fully saturated rings. The molecule has 0 saturated carbocycles. The minimum absolute atomic E-state index is 0.132. The number of benzene rings is 1. The molecule has 1 aliphatic heterocycles. The fourth-order valence-corrected chi connectivity index (χ4v) is 2.48. The second-order valence-corrected chi connectivity index (χ2v) is 5.24. The fourth-order valence-electron chi connectivity index (χ4n) is 2.48. The Hall–Kier alpha value is -2.11. The molecule has 5 nitrogen and oxygen atoms in total. The van der Waals surface area contributed by atoms with Gasteiger partial charge in [0, 0.05) is 25.6 Å². The van der Waals surface area contributed by atoms with E-state index >= 15 is 0 Å². The number of carbonyl (C=O) groups is 2. The number of halogens is 1. The molecule has 2 rings (SSSR count). The van der Waals surface area contributed by atoms with Crippen LogP contribution in [0.1, 0.15) is 18.4 Å². The zero-order chi connectivity index (χ0) is 15.2. The van der Waals surface area contributed by atoms with Crippen molar-refractivity contribution in [3.8, 4) is 0 Å². The molecule has 0 aromatic heterocycles. The zero-order valence-electron chi connectivity index (χ0n) is 11.8. The first-order valence-corrected chi connectivity index (χ1v) is 7.13. The summed E-state index contributed by atoms with van der Waals surface area (Å²) in [5.41, 5.74) is 5.84. The molecule has 1 saturated heterocycles. The van der Waals surface area contributed by atoms with Gasteiger partial charge in [0.15, 0.2) is 0 Å². The third-order valence-corrected chi connectivity index (χ3v) is 3.81. The van der Waals surface area contributed by atoms with Gasteiger partial charge in [-0.2, -0.15) is 0 Å². The number of amides is 3. The SMILES string of the molecule is NC(=O)C1CCN(C(=O)NCCc2ccccc2F)CC1. The highest BCUT2D eigenvalue weighted by atomic mass is 19.1. The topological polar surface area (TPSA) is 75.4 Å². The van der Waals surface area contributed by atoms with Crippen molar-refractivity contribution in [2.24, 2.45) is 11.7 Å². The minimum atomic E-state index is -0.297. The van der Waals surface area contributed by atoms with E-state index in [2.05, 4.69) is 5.32 Å². The molecule has 0 atom stereocenters. The van der Waals surface area contributed by atoms with E-state index in [9.17, 15) is 14.0 Å². The third-order valence-electron chi connectivity index (χ3n) is 3.81. The Labute approximate surface area is 123 Å². The molecule has 3 amide bonds. The minimum Gasteiger partial charge on any atom is -0.369 e. The average Bonchev–Trinajstić information content (AvgIpc) is 2.49. The molecule has 0 spiro atoms. The van der Waals surface area contributed by atoms with Gasteiger partial charge in [-0.25, -0.2) is 9.18 Å². The summed E-state index contributed by atoms with van der Waals surface area (Å²) in [5, 5.41) is 2.78. The van der Waals surface area contributed by atoms with Crippen LogP contribution in [-0.2, 0) is 11.2 Å².